The summed E-state index contributed by atoms with van der Waals surface area (Å²) in [6.45, 7) is 2.97. The maximum absolute atomic E-state index is 14.1. The van der Waals surface area contributed by atoms with Crippen molar-refractivity contribution in [1.29, 1.82) is 0 Å². The third-order valence-corrected chi connectivity index (χ3v) is 4.13. The highest BCUT2D eigenvalue weighted by Gasteiger charge is 2.22. The van der Waals surface area contributed by atoms with Gasteiger partial charge in [0.25, 0.3) is 5.91 Å². The molecule has 0 bridgehead atoms. The molecule has 3 heteroatoms. The summed E-state index contributed by atoms with van der Waals surface area (Å²) >= 11 is 0. The van der Waals surface area contributed by atoms with Crippen LogP contribution in [0.2, 0.25) is 0 Å². The van der Waals surface area contributed by atoms with Gasteiger partial charge < -0.3 is 4.90 Å². The topological polar surface area (TPSA) is 20.3 Å². The summed E-state index contributed by atoms with van der Waals surface area (Å²) in [5.41, 5.74) is 3.27. The molecule has 0 spiro atoms. The van der Waals surface area contributed by atoms with Crippen LogP contribution in [0.15, 0.2) is 42.5 Å². The molecule has 0 saturated heterocycles. The molecule has 108 valence electrons. The predicted octanol–water partition coefficient (Wildman–Crippen LogP) is 3.38. The van der Waals surface area contributed by atoms with Gasteiger partial charge in [-0.15, -0.1) is 0 Å². The first-order valence-corrected chi connectivity index (χ1v) is 7.28. The lowest BCUT2D eigenvalue weighted by Gasteiger charge is -2.21. The minimum absolute atomic E-state index is 0.181. The van der Waals surface area contributed by atoms with Gasteiger partial charge in [0.1, 0.15) is 5.82 Å². The van der Waals surface area contributed by atoms with Crippen molar-refractivity contribution in [2.75, 3.05) is 13.1 Å². The molecule has 1 aliphatic heterocycles. The Labute approximate surface area is 124 Å². The number of fused-ring (bicyclic) bond motifs is 1. The number of halogens is 1. The summed E-state index contributed by atoms with van der Waals surface area (Å²) in [6.07, 6.45) is 1.66. The van der Waals surface area contributed by atoms with Gasteiger partial charge in [-0.1, -0.05) is 36.4 Å². The molecule has 0 unspecified atom stereocenters. The fraction of sp³-hybridized carbons (Fsp3) is 0.278. The van der Waals surface area contributed by atoms with Crippen molar-refractivity contribution in [3.05, 3.63) is 70.5 Å². The summed E-state index contributed by atoms with van der Waals surface area (Å²) in [4.78, 5) is 14.3. The molecule has 0 aromatic heterocycles. The number of hydrogen-bond donors (Lipinski definition) is 0. The lowest BCUT2D eigenvalue weighted by atomic mass is 10.0. The molecule has 0 atom stereocenters. The number of rotatable bonds is 1. The molecular weight excluding hydrogens is 265 g/mol. The predicted molar refractivity (Wildman–Crippen MR) is 80.9 cm³/mol. The van der Waals surface area contributed by atoms with Crippen LogP contribution in [0.25, 0.3) is 0 Å². The summed E-state index contributed by atoms with van der Waals surface area (Å²) in [5.74, 6) is -0.603. The number of nitrogens with zero attached hydrogens (tertiary/aromatic N) is 1. The first-order chi connectivity index (χ1) is 10.2. The highest BCUT2D eigenvalue weighted by molar-refractivity contribution is 5.94. The number of aryl methyl sites for hydroxylation is 1. The smallest absolute Gasteiger partial charge is 0.256 e. The van der Waals surface area contributed by atoms with Gasteiger partial charge in [0.15, 0.2) is 0 Å². The Morgan fingerprint density at radius 2 is 1.62 bits per heavy atom. The summed E-state index contributed by atoms with van der Waals surface area (Å²) in [5, 5.41) is 0. The van der Waals surface area contributed by atoms with E-state index in [0.29, 0.717) is 18.7 Å². The average Bonchev–Trinajstić information content (AvgIpc) is 2.72. The van der Waals surface area contributed by atoms with Gasteiger partial charge in [0.05, 0.1) is 5.56 Å². The van der Waals surface area contributed by atoms with Crippen molar-refractivity contribution in [2.45, 2.75) is 19.8 Å². The van der Waals surface area contributed by atoms with Gasteiger partial charge >= 0.3 is 0 Å². The van der Waals surface area contributed by atoms with E-state index in [9.17, 15) is 9.18 Å². The SMILES string of the molecule is Cc1cccc(C(=O)N2CCc3ccccc3CC2)c1F. The van der Waals surface area contributed by atoms with E-state index in [1.807, 2.05) is 12.1 Å². The second kappa shape index (κ2) is 5.68. The Morgan fingerprint density at radius 1 is 1.00 bits per heavy atom. The van der Waals surface area contributed by atoms with Gasteiger partial charge in [-0.25, -0.2) is 4.39 Å². The third kappa shape index (κ3) is 2.68. The van der Waals surface area contributed by atoms with Crippen LogP contribution in [0, 0.1) is 12.7 Å². The first kappa shape index (κ1) is 13.8. The molecule has 0 N–H and O–H groups in total. The van der Waals surface area contributed by atoms with Crippen molar-refractivity contribution < 1.29 is 9.18 Å². The van der Waals surface area contributed by atoms with E-state index in [1.54, 1.807) is 30.0 Å². The molecule has 21 heavy (non-hydrogen) atoms. The molecule has 1 heterocycles. The average molecular weight is 283 g/mol. The van der Waals surface area contributed by atoms with Crippen LogP contribution in [0.3, 0.4) is 0 Å². The molecule has 2 aromatic rings. The lowest BCUT2D eigenvalue weighted by Crippen LogP contribution is -2.34. The minimum atomic E-state index is -0.399. The van der Waals surface area contributed by atoms with E-state index in [2.05, 4.69) is 12.1 Å². The fourth-order valence-electron chi connectivity index (χ4n) is 2.85. The highest BCUT2D eigenvalue weighted by atomic mass is 19.1. The lowest BCUT2D eigenvalue weighted by molar-refractivity contribution is 0.0758. The second-order valence-electron chi connectivity index (χ2n) is 5.50. The van der Waals surface area contributed by atoms with Crippen molar-refractivity contribution in [3.63, 3.8) is 0 Å². The zero-order valence-corrected chi connectivity index (χ0v) is 12.1. The molecule has 0 saturated carbocycles. The van der Waals surface area contributed by atoms with Gasteiger partial charge in [0, 0.05) is 13.1 Å². The molecule has 3 rings (SSSR count). The van der Waals surface area contributed by atoms with Crippen LogP contribution in [0.5, 0.6) is 0 Å². The Kier molecular flexibility index (Phi) is 3.74. The van der Waals surface area contributed by atoms with Gasteiger partial charge in [-0.3, -0.25) is 4.79 Å². The molecule has 2 aromatic carbocycles. The Morgan fingerprint density at radius 3 is 2.24 bits per heavy atom. The van der Waals surface area contributed by atoms with Gasteiger partial charge in [-0.2, -0.15) is 0 Å². The van der Waals surface area contributed by atoms with Gasteiger partial charge in [-0.05, 0) is 42.5 Å². The van der Waals surface area contributed by atoms with Crippen LogP contribution < -0.4 is 0 Å². The van der Waals surface area contributed by atoms with Crippen molar-refractivity contribution in [3.8, 4) is 0 Å². The maximum atomic E-state index is 14.1. The Hall–Kier alpha value is -2.16. The van der Waals surface area contributed by atoms with Crippen molar-refractivity contribution in [1.82, 2.24) is 4.90 Å². The van der Waals surface area contributed by atoms with E-state index in [1.165, 1.54) is 11.1 Å². The van der Waals surface area contributed by atoms with Crippen LogP contribution in [-0.2, 0) is 12.8 Å². The Balaban J connectivity index is 1.83. The fourth-order valence-corrected chi connectivity index (χ4v) is 2.85. The number of benzene rings is 2. The van der Waals surface area contributed by atoms with Crippen molar-refractivity contribution in [2.24, 2.45) is 0 Å². The molecule has 1 amide bonds. The van der Waals surface area contributed by atoms with Crippen molar-refractivity contribution >= 4 is 5.91 Å². The van der Waals surface area contributed by atoms with Crippen LogP contribution in [0.1, 0.15) is 27.0 Å². The zero-order valence-electron chi connectivity index (χ0n) is 12.1. The zero-order chi connectivity index (χ0) is 14.8. The third-order valence-electron chi connectivity index (χ3n) is 4.13. The molecule has 1 aliphatic rings. The number of hydrogen-bond acceptors (Lipinski definition) is 1. The molecule has 0 aliphatic carbocycles. The largest absolute Gasteiger partial charge is 0.338 e. The normalized spacial score (nSPS) is 14.5. The molecular formula is C18H18FNO. The van der Waals surface area contributed by atoms with Crippen LogP contribution >= 0.6 is 0 Å². The van der Waals surface area contributed by atoms with E-state index in [4.69, 9.17) is 0 Å². The number of carbonyl (C=O) groups is 1. The quantitative estimate of drug-likeness (QED) is 0.785. The number of carbonyl (C=O) groups excluding carboxylic acids is 1. The van der Waals surface area contributed by atoms with E-state index < -0.39 is 5.82 Å². The summed E-state index contributed by atoms with van der Waals surface area (Å²) in [7, 11) is 0. The van der Waals surface area contributed by atoms with Crippen LogP contribution in [0.4, 0.5) is 4.39 Å². The van der Waals surface area contributed by atoms with Crippen LogP contribution in [-0.4, -0.2) is 23.9 Å². The first-order valence-electron chi connectivity index (χ1n) is 7.28. The summed E-state index contributed by atoms with van der Waals surface area (Å²) in [6, 6.07) is 13.3. The molecule has 0 radical (unpaired) electrons. The Bertz CT molecular complexity index is 654. The molecule has 2 nitrogen and oxygen atoms in total. The highest BCUT2D eigenvalue weighted by Crippen LogP contribution is 2.19. The van der Waals surface area contributed by atoms with E-state index in [0.717, 1.165) is 12.8 Å². The monoisotopic (exact) mass is 283 g/mol. The second-order valence-corrected chi connectivity index (χ2v) is 5.50. The number of amides is 1. The molecule has 0 fully saturated rings. The standard InChI is InChI=1S/C18H18FNO/c1-13-5-4-8-16(17(13)19)18(21)20-11-9-14-6-2-3-7-15(14)10-12-20/h2-8H,9-12H2,1H3. The van der Waals surface area contributed by atoms with Gasteiger partial charge in [0.2, 0.25) is 0 Å². The minimum Gasteiger partial charge on any atom is -0.338 e. The maximum Gasteiger partial charge on any atom is 0.256 e. The van der Waals surface area contributed by atoms with E-state index >= 15 is 0 Å². The van der Waals surface area contributed by atoms with E-state index in [-0.39, 0.29) is 11.5 Å². The summed E-state index contributed by atoms with van der Waals surface area (Å²) < 4.78 is 14.1.